The fourth-order valence-electron chi connectivity index (χ4n) is 4.07. The second kappa shape index (κ2) is 10.0. The predicted octanol–water partition coefficient (Wildman–Crippen LogP) is 2.90. The lowest BCUT2D eigenvalue weighted by molar-refractivity contribution is 0.148. The highest BCUT2D eigenvalue weighted by atomic mass is 16.5. The van der Waals surface area contributed by atoms with Gasteiger partial charge in [0.25, 0.3) is 0 Å². The maximum Gasteiger partial charge on any atom is 0.318 e. The summed E-state index contributed by atoms with van der Waals surface area (Å²) in [4.78, 5) is 13.7. The summed E-state index contributed by atoms with van der Waals surface area (Å²) in [7, 11) is 5.61. The number of phenols is 1. The van der Waals surface area contributed by atoms with E-state index < -0.39 is 0 Å². The predicted molar refractivity (Wildman–Crippen MR) is 127 cm³/mol. The molecule has 0 spiro atoms. The molecule has 0 aliphatic carbocycles. The van der Waals surface area contributed by atoms with Crippen molar-refractivity contribution in [1.82, 2.24) is 14.9 Å². The van der Waals surface area contributed by atoms with Gasteiger partial charge in [-0.15, -0.1) is 0 Å². The summed E-state index contributed by atoms with van der Waals surface area (Å²) in [6, 6.07) is 12.1. The van der Waals surface area contributed by atoms with Crippen LogP contribution in [-0.4, -0.2) is 74.0 Å². The molecule has 0 saturated heterocycles. The van der Waals surface area contributed by atoms with Crippen molar-refractivity contribution < 1.29 is 14.6 Å². The molecule has 3 aromatic rings. The molecule has 0 fully saturated rings. The minimum Gasteiger partial charge on any atom is -0.508 e. The molecule has 0 saturated carbocycles. The van der Waals surface area contributed by atoms with Gasteiger partial charge in [0.1, 0.15) is 18.2 Å². The van der Waals surface area contributed by atoms with E-state index in [2.05, 4.69) is 26.2 Å². The first-order valence-corrected chi connectivity index (χ1v) is 10.9. The quantitative estimate of drug-likeness (QED) is 0.529. The van der Waals surface area contributed by atoms with E-state index in [1.54, 1.807) is 13.2 Å². The van der Waals surface area contributed by atoms with Crippen LogP contribution >= 0.6 is 0 Å². The van der Waals surface area contributed by atoms with Gasteiger partial charge in [-0.2, -0.15) is 9.97 Å². The maximum atomic E-state index is 10.3. The van der Waals surface area contributed by atoms with Crippen LogP contribution in [0, 0.1) is 0 Å². The number of hydrogen-bond acceptors (Lipinski definition) is 8. The molecule has 1 aliphatic heterocycles. The number of methoxy groups -OCH3 is 1. The number of benzene rings is 2. The van der Waals surface area contributed by atoms with Crippen LogP contribution in [0.4, 0.5) is 11.5 Å². The lowest BCUT2D eigenvalue weighted by Crippen LogP contribution is -2.32. The van der Waals surface area contributed by atoms with Crippen LogP contribution < -0.4 is 15.0 Å². The van der Waals surface area contributed by atoms with E-state index in [1.807, 2.05) is 38.4 Å². The number of hydrogen-bond donors (Lipinski definition) is 2. The highest BCUT2D eigenvalue weighted by Crippen LogP contribution is 2.35. The van der Waals surface area contributed by atoms with Crippen molar-refractivity contribution in [3.05, 3.63) is 47.7 Å². The van der Waals surface area contributed by atoms with E-state index >= 15 is 0 Å². The third-order valence-electron chi connectivity index (χ3n) is 5.83. The molecule has 2 heterocycles. The van der Waals surface area contributed by atoms with Gasteiger partial charge in [0, 0.05) is 56.5 Å². The molecule has 0 atom stereocenters. The van der Waals surface area contributed by atoms with E-state index in [1.165, 1.54) is 0 Å². The van der Waals surface area contributed by atoms with Gasteiger partial charge in [0.15, 0.2) is 0 Å². The van der Waals surface area contributed by atoms with Crippen molar-refractivity contribution in [2.75, 3.05) is 64.3 Å². The molecule has 2 aromatic carbocycles. The maximum absolute atomic E-state index is 10.3. The number of fused-ring (bicyclic) bond motifs is 2. The highest BCUT2D eigenvalue weighted by Gasteiger charge is 2.24. The number of phenolic OH excluding ortho intramolecular Hbond substituents is 1. The van der Waals surface area contributed by atoms with E-state index in [0.717, 1.165) is 59.6 Å². The molecule has 8 heteroatoms. The molecule has 0 bridgehead atoms. The summed E-state index contributed by atoms with van der Waals surface area (Å²) in [5, 5.41) is 15.6. The average molecular weight is 438 g/mol. The summed E-state index contributed by atoms with van der Waals surface area (Å²) in [5.74, 6) is 1.09. The molecule has 170 valence electrons. The van der Waals surface area contributed by atoms with Crippen LogP contribution in [0.2, 0.25) is 0 Å². The summed E-state index contributed by atoms with van der Waals surface area (Å²) in [6.45, 7) is 4.26. The molecule has 0 amide bonds. The van der Waals surface area contributed by atoms with Crippen LogP contribution in [0.1, 0.15) is 11.3 Å². The molecule has 1 aromatic heterocycles. The number of anilines is 2. The minimum absolute atomic E-state index is 0.268. The Balaban J connectivity index is 1.54. The zero-order chi connectivity index (χ0) is 22.5. The van der Waals surface area contributed by atoms with Crippen LogP contribution in [0.15, 0.2) is 36.4 Å². The molecular weight excluding hydrogens is 406 g/mol. The lowest BCUT2D eigenvalue weighted by atomic mass is 10.0. The second-order valence-corrected chi connectivity index (χ2v) is 8.03. The highest BCUT2D eigenvalue weighted by molar-refractivity contribution is 5.95. The Morgan fingerprint density at radius 3 is 2.78 bits per heavy atom. The summed E-state index contributed by atoms with van der Waals surface area (Å²) < 4.78 is 11.0. The van der Waals surface area contributed by atoms with Crippen molar-refractivity contribution in [3.8, 4) is 11.8 Å². The normalized spacial score (nSPS) is 13.4. The number of nitrogens with one attached hydrogen (secondary N) is 1. The van der Waals surface area contributed by atoms with Gasteiger partial charge < -0.3 is 29.7 Å². The summed E-state index contributed by atoms with van der Waals surface area (Å²) >= 11 is 0. The van der Waals surface area contributed by atoms with Gasteiger partial charge in [-0.05, 0) is 24.9 Å². The molecular formula is C24H31N5O3. The van der Waals surface area contributed by atoms with Crippen molar-refractivity contribution in [3.63, 3.8) is 0 Å². The topological polar surface area (TPSA) is 83.0 Å². The minimum atomic E-state index is 0.268. The first-order chi connectivity index (χ1) is 15.6. The number of ether oxygens (including phenoxy) is 2. The Hall–Kier alpha value is -3.10. The first-order valence-electron chi connectivity index (χ1n) is 10.9. The van der Waals surface area contributed by atoms with Gasteiger partial charge in [0.2, 0.25) is 0 Å². The van der Waals surface area contributed by atoms with Crippen molar-refractivity contribution in [1.29, 1.82) is 0 Å². The van der Waals surface area contributed by atoms with Crippen LogP contribution in [0.25, 0.3) is 10.8 Å². The molecule has 32 heavy (non-hydrogen) atoms. The number of aromatic nitrogens is 2. The number of likely N-dealkylation sites (N-methyl/N-ethyl adjacent to an activating group) is 1. The average Bonchev–Trinajstić information content (AvgIpc) is 2.81. The molecule has 1 aliphatic rings. The van der Waals surface area contributed by atoms with Crippen molar-refractivity contribution in [2.24, 2.45) is 0 Å². The fourth-order valence-corrected chi connectivity index (χ4v) is 4.07. The zero-order valence-corrected chi connectivity index (χ0v) is 19.0. The Kier molecular flexibility index (Phi) is 6.92. The third-order valence-corrected chi connectivity index (χ3v) is 5.83. The molecule has 0 unspecified atom stereocenters. The standard InChI is InChI=1S/C24H31N5O3/c1-25-23-20-8-9-29(22-15-18(30)14-17-6-4-5-7-19(17)22)16-21(20)26-24(27-23)32-13-11-28(2)10-12-31-3/h4-7,14-15,30H,8-13,16H2,1-3H3,(H,25,26,27). The second-order valence-electron chi connectivity index (χ2n) is 8.03. The number of nitrogens with zero attached hydrogens (tertiary/aromatic N) is 4. The Morgan fingerprint density at radius 1 is 1.16 bits per heavy atom. The van der Waals surface area contributed by atoms with E-state index in [4.69, 9.17) is 14.5 Å². The van der Waals surface area contributed by atoms with Crippen molar-refractivity contribution >= 4 is 22.3 Å². The smallest absolute Gasteiger partial charge is 0.318 e. The van der Waals surface area contributed by atoms with Gasteiger partial charge >= 0.3 is 6.01 Å². The van der Waals surface area contributed by atoms with E-state index in [9.17, 15) is 5.11 Å². The van der Waals surface area contributed by atoms with Crippen LogP contribution in [-0.2, 0) is 17.7 Å². The molecule has 4 rings (SSSR count). The lowest BCUT2D eigenvalue weighted by Gasteiger charge is -2.32. The van der Waals surface area contributed by atoms with Crippen LogP contribution in [0.5, 0.6) is 11.8 Å². The van der Waals surface area contributed by atoms with Crippen LogP contribution in [0.3, 0.4) is 0 Å². The monoisotopic (exact) mass is 437 g/mol. The van der Waals surface area contributed by atoms with Gasteiger partial charge in [-0.1, -0.05) is 24.3 Å². The van der Waals surface area contributed by atoms with Gasteiger partial charge in [-0.25, -0.2) is 0 Å². The Bertz CT molecular complexity index is 1070. The molecule has 2 N–H and O–H groups in total. The Labute approximate surface area is 188 Å². The zero-order valence-electron chi connectivity index (χ0n) is 19.0. The van der Waals surface area contributed by atoms with E-state index in [-0.39, 0.29) is 5.75 Å². The first kappa shape index (κ1) is 22.1. The van der Waals surface area contributed by atoms with E-state index in [0.29, 0.717) is 25.8 Å². The number of aromatic hydroxyl groups is 1. The third kappa shape index (κ3) is 4.87. The molecule has 0 radical (unpaired) electrons. The number of rotatable bonds is 9. The van der Waals surface area contributed by atoms with Gasteiger partial charge in [0.05, 0.1) is 18.8 Å². The fraction of sp³-hybridized carbons (Fsp3) is 0.417. The Morgan fingerprint density at radius 2 is 1.97 bits per heavy atom. The SMILES string of the molecule is CNc1nc(OCCN(C)CCOC)nc2c1CCN(c1cc(O)cc3ccccc13)C2. The molecule has 8 nitrogen and oxygen atoms in total. The van der Waals surface area contributed by atoms with Gasteiger partial charge in [-0.3, -0.25) is 0 Å². The summed E-state index contributed by atoms with van der Waals surface area (Å²) in [5.41, 5.74) is 3.08. The van der Waals surface area contributed by atoms with Crippen molar-refractivity contribution in [2.45, 2.75) is 13.0 Å². The summed E-state index contributed by atoms with van der Waals surface area (Å²) in [6.07, 6.45) is 0.815. The largest absolute Gasteiger partial charge is 0.508 e.